The first kappa shape index (κ1) is 14.2. The highest BCUT2D eigenvalue weighted by atomic mass is 19.4. The monoisotopic (exact) mass is 278 g/mol. The van der Waals surface area contributed by atoms with Crippen LogP contribution >= 0.6 is 0 Å². The number of allylic oxidation sites excluding steroid dienone is 3. The number of benzene rings is 1. The van der Waals surface area contributed by atoms with Gasteiger partial charge in [0.25, 0.3) is 0 Å². The van der Waals surface area contributed by atoms with Crippen LogP contribution in [0.2, 0.25) is 0 Å². The van der Waals surface area contributed by atoms with E-state index in [-0.39, 0.29) is 11.0 Å². The summed E-state index contributed by atoms with van der Waals surface area (Å²) in [4.78, 5) is 8.16. The molecule has 0 atom stereocenters. The zero-order chi connectivity index (χ0) is 14.8. The summed E-state index contributed by atoms with van der Waals surface area (Å²) in [6.45, 7) is 5.63. The Balaban J connectivity index is 2.63. The van der Waals surface area contributed by atoms with Crippen molar-refractivity contribution in [2.24, 2.45) is 0 Å². The van der Waals surface area contributed by atoms with Crippen LogP contribution in [0, 0.1) is 0 Å². The molecule has 0 amide bonds. The maximum absolute atomic E-state index is 12.9. The molecule has 0 radical (unpaired) electrons. The van der Waals surface area contributed by atoms with Gasteiger partial charge in [0, 0.05) is 0 Å². The number of para-hydroxylation sites is 1. The van der Waals surface area contributed by atoms with Gasteiger partial charge in [0.05, 0.1) is 23.0 Å². The van der Waals surface area contributed by atoms with Crippen molar-refractivity contribution in [2.45, 2.75) is 19.5 Å². The van der Waals surface area contributed by atoms with Crippen molar-refractivity contribution >= 4 is 16.6 Å². The number of halogens is 3. The lowest BCUT2D eigenvalue weighted by atomic mass is 10.1. The Morgan fingerprint density at radius 3 is 2.70 bits per heavy atom. The van der Waals surface area contributed by atoms with Crippen LogP contribution in [-0.4, -0.2) is 9.97 Å². The minimum absolute atomic E-state index is 0.135. The van der Waals surface area contributed by atoms with Gasteiger partial charge in [0.2, 0.25) is 0 Å². The van der Waals surface area contributed by atoms with E-state index >= 15 is 0 Å². The molecule has 2 nitrogen and oxygen atoms in total. The number of fused-ring (bicyclic) bond motifs is 1. The lowest BCUT2D eigenvalue weighted by Crippen LogP contribution is -2.07. The van der Waals surface area contributed by atoms with Crippen molar-refractivity contribution in [1.29, 1.82) is 0 Å². The Bertz CT molecular complexity index is 672. The third kappa shape index (κ3) is 2.71. The van der Waals surface area contributed by atoms with Crippen LogP contribution in [0.15, 0.2) is 43.1 Å². The molecule has 0 saturated carbocycles. The topological polar surface area (TPSA) is 25.8 Å². The molecule has 5 heteroatoms. The molecule has 0 N–H and O–H groups in total. The van der Waals surface area contributed by atoms with Crippen LogP contribution < -0.4 is 0 Å². The summed E-state index contributed by atoms with van der Waals surface area (Å²) in [6, 6.07) is 3.86. The number of nitrogens with zero attached hydrogens (tertiary/aromatic N) is 2. The average molecular weight is 278 g/mol. The van der Waals surface area contributed by atoms with E-state index in [0.717, 1.165) is 18.1 Å². The van der Waals surface area contributed by atoms with Crippen LogP contribution in [0.5, 0.6) is 0 Å². The smallest absolute Gasteiger partial charge is 0.252 e. The van der Waals surface area contributed by atoms with Gasteiger partial charge >= 0.3 is 6.18 Å². The molecule has 1 heterocycles. The lowest BCUT2D eigenvalue weighted by Gasteiger charge is -2.10. The van der Waals surface area contributed by atoms with Crippen molar-refractivity contribution in [2.75, 3.05) is 0 Å². The molecule has 104 valence electrons. The van der Waals surface area contributed by atoms with E-state index in [2.05, 4.69) is 16.5 Å². The summed E-state index contributed by atoms with van der Waals surface area (Å²) in [6.07, 6.45) is 1.21. The Hall–Kier alpha value is -2.17. The highest BCUT2D eigenvalue weighted by molar-refractivity contribution is 5.81. The van der Waals surface area contributed by atoms with Gasteiger partial charge in [0.1, 0.15) is 5.52 Å². The van der Waals surface area contributed by atoms with Crippen molar-refractivity contribution in [3.05, 3.63) is 54.4 Å². The van der Waals surface area contributed by atoms with Crippen LogP contribution in [0.25, 0.3) is 16.6 Å². The fourth-order valence-corrected chi connectivity index (χ4v) is 1.92. The average Bonchev–Trinajstić information content (AvgIpc) is 2.42. The van der Waals surface area contributed by atoms with Crippen LogP contribution in [-0.2, 0) is 6.18 Å². The quantitative estimate of drug-likeness (QED) is 0.765. The van der Waals surface area contributed by atoms with Gasteiger partial charge in [0.15, 0.2) is 0 Å². The van der Waals surface area contributed by atoms with Gasteiger partial charge in [-0.15, -0.1) is 0 Å². The molecular weight excluding hydrogens is 265 g/mol. The Morgan fingerprint density at radius 2 is 2.10 bits per heavy atom. The summed E-state index contributed by atoms with van der Waals surface area (Å²) < 4.78 is 38.6. The summed E-state index contributed by atoms with van der Waals surface area (Å²) in [5, 5.41) is 0. The summed E-state index contributed by atoms with van der Waals surface area (Å²) in [5.74, 6) is 0. The second-order valence-electron chi connectivity index (χ2n) is 4.20. The molecule has 0 spiro atoms. The van der Waals surface area contributed by atoms with Gasteiger partial charge in [-0.05, 0) is 24.1 Å². The van der Waals surface area contributed by atoms with Crippen molar-refractivity contribution in [3.8, 4) is 0 Å². The third-order valence-electron chi connectivity index (χ3n) is 2.82. The van der Waals surface area contributed by atoms with E-state index in [0.29, 0.717) is 5.69 Å². The van der Waals surface area contributed by atoms with E-state index in [1.807, 2.05) is 13.0 Å². The number of rotatable bonds is 3. The summed E-state index contributed by atoms with van der Waals surface area (Å²) in [5.41, 5.74) is 0.603. The van der Waals surface area contributed by atoms with Crippen molar-refractivity contribution in [3.63, 3.8) is 0 Å². The normalized spacial score (nSPS) is 12.7. The number of alkyl halides is 3. The van der Waals surface area contributed by atoms with Crippen LogP contribution in [0.4, 0.5) is 13.2 Å². The predicted octanol–water partition coefficient (Wildman–Crippen LogP) is 4.63. The number of aromatic nitrogens is 2. The minimum Gasteiger partial charge on any atom is -0.252 e. The van der Waals surface area contributed by atoms with E-state index in [4.69, 9.17) is 0 Å². The Kier molecular flexibility index (Phi) is 3.88. The second kappa shape index (κ2) is 5.45. The Morgan fingerprint density at radius 1 is 1.35 bits per heavy atom. The largest absolute Gasteiger partial charge is 0.418 e. The molecule has 0 aliphatic carbocycles. The van der Waals surface area contributed by atoms with E-state index < -0.39 is 11.7 Å². The highest BCUT2D eigenvalue weighted by Crippen LogP contribution is 2.33. The molecule has 2 rings (SSSR count). The molecule has 1 aromatic heterocycles. The summed E-state index contributed by atoms with van der Waals surface area (Å²) in [7, 11) is 0. The molecule has 0 bridgehead atoms. The first-order valence-electron chi connectivity index (χ1n) is 6.13. The molecule has 0 aliphatic rings. The minimum atomic E-state index is -4.43. The van der Waals surface area contributed by atoms with Crippen LogP contribution in [0.1, 0.15) is 24.6 Å². The van der Waals surface area contributed by atoms with Crippen LogP contribution in [0.3, 0.4) is 0 Å². The van der Waals surface area contributed by atoms with Gasteiger partial charge in [-0.2, -0.15) is 13.2 Å². The number of hydrogen-bond acceptors (Lipinski definition) is 2. The molecule has 0 fully saturated rings. The van der Waals surface area contributed by atoms with Gasteiger partial charge in [-0.1, -0.05) is 31.7 Å². The Labute approximate surface area is 114 Å². The lowest BCUT2D eigenvalue weighted by molar-refractivity contribution is -0.136. The highest BCUT2D eigenvalue weighted by Gasteiger charge is 2.33. The molecule has 0 aliphatic heterocycles. The molecule has 0 saturated heterocycles. The van der Waals surface area contributed by atoms with E-state index in [9.17, 15) is 13.2 Å². The summed E-state index contributed by atoms with van der Waals surface area (Å²) >= 11 is 0. The van der Waals surface area contributed by atoms with Gasteiger partial charge < -0.3 is 0 Å². The van der Waals surface area contributed by atoms with Gasteiger partial charge in [-0.3, -0.25) is 4.98 Å². The number of hydrogen-bond donors (Lipinski definition) is 0. The molecule has 20 heavy (non-hydrogen) atoms. The van der Waals surface area contributed by atoms with Crippen molar-refractivity contribution < 1.29 is 13.2 Å². The second-order valence-corrected chi connectivity index (χ2v) is 4.20. The zero-order valence-electron chi connectivity index (χ0n) is 10.9. The SMILES string of the molecule is C=CC(=CCC)c1cnc2c(C(F)(F)F)cccc2n1. The fourth-order valence-electron chi connectivity index (χ4n) is 1.92. The van der Waals surface area contributed by atoms with Crippen molar-refractivity contribution in [1.82, 2.24) is 9.97 Å². The molecule has 1 aromatic carbocycles. The van der Waals surface area contributed by atoms with E-state index in [1.165, 1.54) is 18.3 Å². The fraction of sp³-hybridized carbons (Fsp3) is 0.200. The predicted molar refractivity (Wildman–Crippen MR) is 73.0 cm³/mol. The standard InChI is InChI=1S/C15H13F3N2/c1-3-6-10(4-2)13-9-19-14-11(15(16,17)18)7-5-8-12(14)20-13/h4-9H,2-3H2,1H3. The maximum Gasteiger partial charge on any atom is 0.418 e. The first-order valence-corrected chi connectivity index (χ1v) is 6.13. The molecule has 0 unspecified atom stereocenters. The first-order chi connectivity index (χ1) is 9.47. The maximum atomic E-state index is 12.9. The van der Waals surface area contributed by atoms with E-state index in [1.54, 1.807) is 6.08 Å². The molecule has 2 aromatic rings. The van der Waals surface area contributed by atoms with Gasteiger partial charge in [-0.25, -0.2) is 4.98 Å². The third-order valence-corrected chi connectivity index (χ3v) is 2.82. The zero-order valence-corrected chi connectivity index (χ0v) is 10.9. The molecular formula is C15H13F3N2.